The van der Waals surface area contributed by atoms with E-state index in [9.17, 15) is 18.0 Å². The van der Waals surface area contributed by atoms with Crippen molar-refractivity contribution < 1.29 is 22.7 Å². The molecule has 0 saturated carbocycles. The number of fused-ring (bicyclic) bond motifs is 1. The minimum atomic E-state index is -1.05. The highest BCUT2D eigenvalue weighted by Crippen LogP contribution is 2.24. The molecular weight excluding hydrogens is 321 g/mol. The summed E-state index contributed by atoms with van der Waals surface area (Å²) in [6.07, 6.45) is -0.812. The van der Waals surface area contributed by atoms with Crippen molar-refractivity contribution in [3.05, 3.63) is 65.6 Å². The summed E-state index contributed by atoms with van der Waals surface area (Å²) in [5, 5.41) is 2.80. The normalized spacial score (nSPS) is 10.7. The quantitative estimate of drug-likeness (QED) is 0.748. The van der Waals surface area contributed by atoms with E-state index >= 15 is 0 Å². The molecule has 3 rings (SSSR count). The number of rotatable bonds is 2. The van der Waals surface area contributed by atoms with Gasteiger partial charge in [0.05, 0.1) is 11.4 Å². The fraction of sp³-hybridized carbons (Fsp3) is 0.0588. The second-order valence-electron chi connectivity index (χ2n) is 5.02. The van der Waals surface area contributed by atoms with Crippen LogP contribution in [0.3, 0.4) is 0 Å². The average Bonchev–Trinajstić information content (AvgIpc) is 2.55. The first-order chi connectivity index (χ1) is 11.4. The summed E-state index contributed by atoms with van der Waals surface area (Å²) in [6.45, 7) is 1.54. The van der Waals surface area contributed by atoms with Gasteiger partial charge in [0.15, 0.2) is 11.6 Å². The van der Waals surface area contributed by atoms with Gasteiger partial charge in [0, 0.05) is 5.39 Å². The summed E-state index contributed by atoms with van der Waals surface area (Å²) in [5.74, 6) is -2.33. The molecule has 0 fully saturated rings. The number of anilines is 1. The number of nitrogens with zero attached hydrogens (tertiary/aromatic N) is 1. The van der Waals surface area contributed by atoms with E-state index in [1.54, 1.807) is 0 Å². The monoisotopic (exact) mass is 332 g/mol. The van der Waals surface area contributed by atoms with Gasteiger partial charge in [-0.2, -0.15) is 0 Å². The Morgan fingerprint density at radius 2 is 1.79 bits per heavy atom. The molecule has 2 aromatic carbocycles. The van der Waals surface area contributed by atoms with E-state index in [2.05, 4.69) is 10.3 Å². The van der Waals surface area contributed by atoms with Crippen molar-refractivity contribution in [2.24, 2.45) is 0 Å². The van der Waals surface area contributed by atoms with Crippen molar-refractivity contribution in [3.8, 4) is 5.75 Å². The van der Waals surface area contributed by atoms with E-state index in [1.807, 2.05) is 0 Å². The fourth-order valence-electron chi connectivity index (χ4n) is 2.14. The molecule has 0 aliphatic rings. The van der Waals surface area contributed by atoms with E-state index in [0.717, 1.165) is 18.2 Å². The van der Waals surface area contributed by atoms with Gasteiger partial charge in [-0.05, 0) is 49.4 Å². The Labute approximate surface area is 134 Å². The predicted molar refractivity (Wildman–Crippen MR) is 82.4 cm³/mol. The molecule has 0 saturated heterocycles. The number of carbonyl (C=O) groups is 1. The maximum atomic E-state index is 13.7. The molecule has 0 unspecified atom stereocenters. The summed E-state index contributed by atoms with van der Waals surface area (Å²) in [7, 11) is 0. The Hall–Kier alpha value is -3.09. The molecule has 0 radical (unpaired) electrons. The number of amides is 1. The zero-order valence-electron chi connectivity index (χ0n) is 12.4. The summed E-state index contributed by atoms with van der Waals surface area (Å²) in [6, 6.07) is 8.72. The van der Waals surface area contributed by atoms with Crippen molar-refractivity contribution in [2.75, 3.05) is 5.32 Å². The van der Waals surface area contributed by atoms with Crippen LogP contribution in [0.5, 0.6) is 5.75 Å². The van der Waals surface area contributed by atoms with Crippen LogP contribution in [0.25, 0.3) is 10.9 Å². The van der Waals surface area contributed by atoms with Crippen molar-refractivity contribution in [1.82, 2.24) is 4.98 Å². The smallest absolute Gasteiger partial charge is 0.410 e. The highest BCUT2D eigenvalue weighted by atomic mass is 19.2. The van der Waals surface area contributed by atoms with Gasteiger partial charge in [-0.15, -0.1) is 0 Å². The fourth-order valence-corrected chi connectivity index (χ4v) is 2.14. The van der Waals surface area contributed by atoms with Gasteiger partial charge in [-0.3, -0.25) is 5.32 Å². The largest absolute Gasteiger partial charge is 0.417 e. The van der Waals surface area contributed by atoms with Crippen LogP contribution in [0.15, 0.2) is 42.5 Å². The number of carbonyl (C=O) groups excluding carboxylic acids is 1. The first-order valence-electron chi connectivity index (χ1n) is 6.94. The molecule has 1 aromatic heterocycles. The van der Waals surface area contributed by atoms with Gasteiger partial charge < -0.3 is 4.74 Å². The molecule has 1 heterocycles. The van der Waals surface area contributed by atoms with Gasteiger partial charge in [0.25, 0.3) is 0 Å². The lowest BCUT2D eigenvalue weighted by molar-refractivity contribution is 0.215. The first kappa shape index (κ1) is 15.8. The maximum Gasteiger partial charge on any atom is 0.417 e. The van der Waals surface area contributed by atoms with E-state index in [0.29, 0.717) is 16.8 Å². The topological polar surface area (TPSA) is 51.2 Å². The second-order valence-corrected chi connectivity index (χ2v) is 5.02. The highest BCUT2D eigenvalue weighted by Gasteiger charge is 2.13. The van der Waals surface area contributed by atoms with Crippen molar-refractivity contribution >= 4 is 22.7 Å². The van der Waals surface area contributed by atoms with Crippen LogP contribution in [-0.4, -0.2) is 11.1 Å². The number of halogens is 3. The highest BCUT2D eigenvalue weighted by molar-refractivity contribution is 5.91. The number of ether oxygens (including phenoxy) is 1. The Balaban J connectivity index is 1.84. The van der Waals surface area contributed by atoms with E-state index in [-0.39, 0.29) is 11.3 Å². The Morgan fingerprint density at radius 3 is 2.50 bits per heavy atom. The van der Waals surface area contributed by atoms with Gasteiger partial charge in [-0.25, -0.2) is 22.9 Å². The number of hydrogen-bond acceptors (Lipinski definition) is 3. The van der Waals surface area contributed by atoms with Gasteiger partial charge >= 0.3 is 6.09 Å². The number of benzene rings is 2. The predicted octanol–water partition coefficient (Wildman–Crippen LogP) is 4.57. The number of aromatic nitrogens is 1. The van der Waals surface area contributed by atoms with Crippen LogP contribution in [-0.2, 0) is 0 Å². The minimum absolute atomic E-state index is 0.120. The van der Waals surface area contributed by atoms with Crippen LogP contribution in [0.2, 0.25) is 0 Å². The number of hydrogen-bond donors (Lipinski definition) is 1. The third-order valence-corrected chi connectivity index (χ3v) is 3.33. The van der Waals surface area contributed by atoms with Crippen LogP contribution < -0.4 is 10.1 Å². The number of aryl methyl sites for hydroxylation is 1. The molecule has 4 nitrogen and oxygen atoms in total. The van der Waals surface area contributed by atoms with Crippen LogP contribution in [0.4, 0.5) is 23.7 Å². The zero-order valence-corrected chi connectivity index (χ0v) is 12.4. The SMILES string of the molecule is Cc1nc2c(F)c(F)ccc2cc1NC(=O)Oc1ccc(F)cc1. The standard InChI is InChI=1S/C17H11F3N2O2/c1-9-14(8-10-2-7-13(19)15(20)16(10)21-9)22-17(23)24-12-5-3-11(18)4-6-12/h2-8H,1H3,(H,22,23). The van der Waals surface area contributed by atoms with Crippen molar-refractivity contribution in [2.45, 2.75) is 6.92 Å². The van der Waals surface area contributed by atoms with E-state index in [1.165, 1.54) is 31.2 Å². The molecule has 0 aliphatic heterocycles. The van der Waals surface area contributed by atoms with Gasteiger partial charge in [-0.1, -0.05) is 0 Å². The van der Waals surface area contributed by atoms with Gasteiger partial charge in [0.2, 0.25) is 0 Å². The lowest BCUT2D eigenvalue weighted by Crippen LogP contribution is -2.17. The molecule has 1 amide bonds. The van der Waals surface area contributed by atoms with E-state index in [4.69, 9.17) is 4.74 Å². The second kappa shape index (κ2) is 6.19. The molecule has 0 spiro atoms. The Morgan fingerprint density at radius 1 is 1.08 bits per heavy atom. The van der Waals surface area contributed by atoms with Crippen molar-refractivity contribution in [1.29, 1.82) is 0 Å². The maximum absolute atomic E-state index is 13.7. The van der Waals surface area contributed by atoms with Crippen molar-refractivity contribution in [3.63, 3.8) is 0 Å². The van der Waals surface area contributed by atoms with Gasteiger partial charge in [0.1, 0.15) is 17.1 Å². The van der Waals surface area contributed by atoms with Crippen LogP contribution >= 0.6 is 0 Å². The molecule has 122 valence electrons. The Bertz CT molecular complexity index is 927. The zero-order chi connectivity index (χ0) is 17.3. The van der Waals surface area contributed by atoms with Crippen LogP contribution in [0, 0.1) is 24.4 Å². The summed E-state index contributed by atoms with van der Waals surface area (Å²) in [4.78, 5) is 15.9. The van der Waals surface area contributed by atoms with Crippen LogP contribution in [0.1, 0.15) is 5.69 Å². The molecule has 0 aliphatic carbocycles. The average molecular weight is 332 g/mol. The number of pyridine rings is 1. The third kappa shape index (κ3) is 3.15. The molecule has 3 aromatic rings. The summed E-state index contributed by atoms with van der Waals surface area (Å²) in [5.41, 5.74) is 0.466. The third-order valence-electron chi connectivity index (χ3n) is 3.33. The molecular formula is C17H11F3N2O2. The number of nitrogens with one attached hydrogen (secondary N) is 1. The molecule has 0 bridgehead atoms. The summed E-state index contributed by atoms with van der Waals surface area (Å²) >= 11 is 0. The lowest BCUT2D eigenvalue weighted by atomic mass is 10.1. The summed E-state index contributed by atoms with van der Waals surface area (Å²) < 4.78 is 44.8. The molecule has 24 heavy (non-hydrogen) atoms. The molecule has 7 heteroatoms. The van der Waals surface area contributed by atoms with E-state index < -0.39 is 23.5 Å². The lowest BCUT2D eigenvalue weighted by Gasteiger charge is -2.10. The first-order valence-corrected chi connectivity index (χ1v) is 6.94. The Kier molecular flexibility index (Phi) is 4.07. The molecule has 1 N–H and O–H groups in total. The minimum Gasteiger partial charge on any atom is -0.410 e. The molecule has 0 atom stereocenters.